The summed E-state index contributed by atoms with van der Waals surface area (Å²) in [6, 6.07) is 1.48. The average Bonchev–Trinajstić information content (AvgIpc) is 2.56. The number of halogens is 1. The van der Waals surface area contributed by atoms with Crippen molar-refractivity contribution in [1.29, 1.82) is 0 Å². The zero-order valence-electron chi connectivity index (χ0n) is 9.59. The molecule has 1 fully saturated rings. The highest BCUT2D eigenvalue weighted by Gasteiger charge is 2.32. The van der Waals surface area contributed by atoms with Gasteiger partial charge < -0.3 is 5.73 Å². The van der Waals surface area contributed by atoms with Gasteiger partial charge in [-0.3, -0.25) is 14.5 Å². The van der Waals surface area contributed by atoms with Crippen molar-refractivity contribution in [2.45, 2.75) is 18.6 Å². The van der Waals surface area contributed by atoms with Crippen LogP contribution < -0.4 is 10.6 Å². The number of carbonyl (C=O) groups is 2. The number of aromatic nitrogens is 2. The SMILES string of the molecule is CC(=O)SC1CC(=O)N(c2cc(Cl)nc(N)n2)C1. The van der Waals surface area contributed by atoms with E-state index >= 15 is 0 Å². The summed E-state index contributed by atoms with van der Waals surface area (Å²) in [5.74, 6) is 0.306. The molecule has 1 aromatic heterocycles. The third kappa shape index (κ3) is 2.91. The molecule has 18 heavy (non-hydrogen) atoms. The molecule has 1 amide bonds. The smallest absolute Gasteiger partial charge is 0.229 e. The highest BCUT2D eigenvalue weighted by atomic mass is 35.5. The topological polar surface area (TPSA) is 89.2 Å². The van der Waals surface area contributed by atoms with Gasteiger partial charge in [0.2, 0.25) is 11.9 Å². The van der Waals surface area contributed by atoms with Gasteiger partial charge >= 0.3 is 0 Å². The van der Waals surface area contributed by atoms with Crippen molar-refractivity contribution in [2.24, 2.45) is 0 Å². The second-order valence-corrected chi connectivity index (χ2v) is 5.71. The number of nitrogens with two attached hydrogens (primary N) is 1. The molecule has 0 spiro atoms. The van der Waals surface area contributed by atoms with Crippen molar-refractivity contribution in [3.8, 4) is 0 Å². The number of thioether (sulfide) groups is 1. The molecule has 0 saturated carbocycles. The van der Waals surface area contributed by atoms with Crippen molar-refractivity contribution in [3.05, 3.63) is 11.2 Å². The zero-order chi connectivity index (χ0) is 13.3. The van der Waals surface area contributed by atoms with Crippen LogP contribution in [0.3, 0.4) is 0 Å². The molecule has 1 saturated heterocycles. The van der Waals surface area contributed by atoms with Crippen LogP contribution in [-0.2, 0) is 9.59 Å². The Bertz CT molecular complexity index is 490. The first-order valence-electron chi connectivity index (χ1n) is 5.23. The Labute approximate surface area is 113 Å². The summed E-state index contributed by atoms with van der Waals surface area (Å²) in [5.41, 5.74) is 5.48. The number of hydrogen-bond donors (Lipinski definition) is 1. The summed E-state index contributed by atoms with van der Waals surface area (Å²) >= 11 is 6.93. The molecule has 8 heteroatoms. The first-order chi connectivity index (χ1) is 8.45. The van der Waals surface area contributed by atoms with Gasteiger partial charge in [0.05, 0.1) is 0 Å². The molecular formula is C10H11ClN4O2S. The van der Waals surface area contributed by atoms with Crippen LogP contribution in [0.1, 0.15) is 13.3 Å². The van der Waals surface area contributed by atoms with E-state index in [-0.39, 0.29) is 27.4 Å². The minimum Gasteiger partial charge on any atom is -0.368 e. The summed E-state index contributed by atoms with van der Waals surface area (Å²) in [6.45, 7) is 1.91. The highest BCUT2D eigenvalue weighted by molar-refractivity contribution is 8.14. The zero-order valence-corrected chi connectivity index (χ0v) is 11.2. The minimum atomic E-state index is -0.0945. The lowest BCUT2D eigenvalue weighted by Crippen LogP contribution is -2.26. The number of nitrogen functional groups attached to an aromatic ring is 1. The van der Waals surface area contributed by atoms with Crippen LogP contribution in [0.5, 0.6) is 0 Å². The molecule has 1 unspecified atom stereocenters. The van der Waals surface area contributed by atoms with Gasteiger partial charge in [-0.25, -0.2) is 4.98 Å². The predicted octanol–water partition coefficient (Wildman–Crippen LogP) is 1.10. The molecule has 2 N–H and O–H groups in total. The van der Waals surface area contributed by atoms with E-state index in [0.29, 0.717) is 18.8 Å². The normalized spacial score (nSPS) is 19.3. The van der Waals surface area contributed by atoms with Crippen LogP contribution in [0.25, 0.3) is 0 Å². The first-order valence-corrected chi connectivity index (χ1v) is 6.49. The lowest BCUT2D eigenvalue weighted by atomic mass is 10.4. The number of nitrogens with zero attached hydrogens (tertiary/aromatic N) is 3. The van der Waals surface area contributed by atoms with Gasteiger partial charge in [-0.15, -0.1) is 0 Å². The molecule has 1 atom stereocenters. The predicted molar refractivity (Wildman–Crippen MR) is 70.5 cm³/mol. The first kappa shape index (κ1) is 13.1. The van der Waals surface area contributed by atoms with E-state index in [1.807, 2.05) is 0 Å². The Morgan fingerprint density at radius 2 is 2.33 bits per heavy atom. The van der Waals surface area contributed by atoms with E-state index in [2.05, 4.69) is 9.97 Å². The number of carbonyl (C=O) groups excluding carboxylic acids is 2. The van der Waals surface area contributed by atoms with E-state index < -0.39 is 0 Å². The van der Waals surface area contributed by atoms with Gasteiger partial charge in [0, 0.05) is 31.2 Å². The van der Waals surface area contributed by atoms with Crippen LogP contribution in [0.4, 0.5) is 11.8 Å². The van der Waals surface area contributed by atoms with E-state index in [1.165, 1.54) is 17.9 Å². The van der Waals surface area contributed by atoms with Crippen LogP contribution in [-0.4, -0.2) is 32.8 Å². The summed E-state index contributed by atoms with van der Waals surface area (Å²) in [5, 5.41) is 0.132. The van der Waals surface area contributed by atoms with Gasteiger partial charge in [0.1, 0.15) is 11.0 Å². The van der Waals surface area contributed by atoms with Gasteiger partial charge in [-0.2, -0.15) is 4.98 Å². The minimum absolute atomic E-state index is 0.00474. The number of anilines is 2. The van der Waals surface area contributed by atoms with E-state index in [4.69, 9.17) is 17.3 Å². The van der Waals surface area contributed by atoms with Crippen LogP contribution in [0.15, 0.2) is 6.07 Å². The van der Waals surface area contributed by atoms with Crippen LogP contribution in [0.2, 0.25) is 5.15 Å². The molecule has 0 radical (unpaired) electrons. The fourth-order valence-corrected chi connectivity index (χ4v) is 2.87. The standard InChI is InChI=1S/C10H11ClN4O2S/c1-5(16)18-6-2-9(17)15(4-6)8-3-7(11)13-10(12)14-8/h3,6H,2,4H2,1H3,(H2,12,13,14). The summed E-state index contributed by atoms with van der Waals surface area (Å²) in [7, 11) is 0. The fourth-order valence-electron chi connectivity index (χ4n) is 1.77. The average molecular weight is 287 g/mol. The van der Waals surface area contributed by atoms with Crippen molar-refractivity contribution >= 4 is 46.2 Å². The van der Waals surface area contributed by atoms with Gasteiger partial charge in [-0.05, 0) is 0 Å². The molecular weight excluding hydrogens is 276 g/mol. The molecule has 96 valence electrons. The Hall–Kier alpha value is -1.34. The Morgan fingerprint density at radius 3 is 2.94 bits per heavy atom. The number of rotatable bonds is 2. The van der Waals surface area contributed by atoms with Crippen LogP contribution in [0, 0.1) is 0 Å². The van der Waals surface area contributed by atoms with E-state index in [0.717, 1.165) is 11.8 Å². The maximum atomic E-state index is 11.8. The summed E-state index contributed by atoms with van der Waals surface area (Å²) in [4.78, 5) is 32.1. The second-order valence-electron chi connectivity index (χ2n) is 3.85. The quantitative estimate of drug-likeness (QED) is 0.819. The molecule has 2 heterocycles. The fraction of sp³-hybridized carbons (Fsp3) is 0.400. The summed E-state index contributed by atoms with van der Waals surface area (Å²) in [6.07, 6.45) is 0.311. The van der Waals surface area contributed by atoms with E-state index in [9.17, 15) is 9.59 Å². The maximum absolute atomic E-state index is 11.8. The molecule has 1 aromatic rings. The van der Waals surface area contributed by atoms with Gasteiger partial charge in [0.15, 0.2) is 5.12 Å². The largest absolute Gasteiger partial charge is 0.368 e. The van der Waals surface area contributed by atoms with Gasteiger partial charge in [0.25, 0.3) is 0 Å². The van der Waals surface area contributed by atoms with Crippen molar-refractivity contribution in [1.82, 2.24) is 9.97 Å². The number of amides is 1. The van der Waals surface area contributed by atoms with Crippen LogP contribution >= 0.6 is 23.4 Å². The van der Waals surface area contributed by atoms with E-state index in [1.54, 1.807) is 0 Å². The van der Waals surface area contributed by atoms with Crippen molar-refractivity contribution < 1.29 is 9.59 Å². The summed E-state index contributed by atoms with van der Waals surface area (Å²) < 4.78 is 0. The van der Waals surface area contributed by atoms with Crippen molar-refractivity contribution in [2.75, 3.05) is 17.2 Å². The Morgan fingerprint density at radius 1 is 1.61 bits per heavy atom. The third-order valence-corrected chi connectivity index (χ3v) is 3.57. The lowest BCUT2D eigenvalue weighted by Gasteiger charge is -2.15. The lowest BCUT2D eigenvalue weighted by molar-refractivity contribution is -0.117. The molecule has 0 bridgehead atoms. The van der Waals surface area contributed by atoms with Gasteiger partial charge in [-0.1, -0.05) is 23.4 Å². The molecule has 6 nitrogen and oxygen atoms in total. The molecule has 2 rings (SSSR count). The highest BCUT2D eigenvalue weighted by Crippen LogP contribution is 2.28. The Balaban J connectivity index is 2.18. The molecule has 1 aliphatic rings. The second kappa shape index (κ2) is 5.11. The van der Waals surface area contributed by atoms with Crippen molar-refractivity contribution in [3.63, 3.8) is 0 Å². The number of hydrogen-bond acceptors (Lipinski definition) is 6. The molecule has 0 aliphatic carbocycles. The maximum Gasteiger partial charge on any atom is 0.229 e. The molecule has 0 aromatic carbocycles. The monoisotopic (exact) mass is 286 g/mol. The Kier molecular flexibility index (Phi) is 3.72. The third-order valence-electron chi connectivity index (χ3n) is 2.40. The molecule has 1 aliphatic heterocycles.